The maximum absolute atomic E-state index is 12.7. The van der Waals surface area contributed by atoms with Gasteiger partial charge in [0.15, 0.2) is 11.5 Å². The van der Waals surface area contributed by atoms with Crippen LogP contribution in [-0.4, -0.2) is 36.9 Å². The number of sulfonamides is 1. The zero-order valence-corrected chi connectivity index (χ0v) is 17.0. The third kappa shape index (κ3) is 4.64. The highest BCUT2D eigenvalue weighted by molar-refractivity contribution is 7.89. The largest absolute Gasteiger partial charge is 0.496 e. The summed E-state index contributed by atoms with van der Waals surface area (Å²) in [7, 11) is 2.40. The van der Waals surface area contributed by atoms with Crippen LogP contribution in [0.4, 0.5) is 0 Å². The molecule has 0 amide bonds. The maximum atomic E-state index is 12.7. The van der Waals surface area contributed by atoms with E-state index in [1.54, 1.807) is 31.4 Å². The smallest absolute Gasteiger partial charge is 0.240 e. The molecule has 148 valence electrons. The van der Waals surface area contributed by atoms with Gasteiger partial charge in [0, 0.05) is 6.54 Å². The van der Waals surface area contributed by atoms with Gasteiger partial charge in [-0.2, -0.15) is 0 Å². The molecular formula is C19H25NO6S. The Morgan fingerprint density at radius 2 is 1.44 bits per heavy atom. The Kier molecular flexibility index (Phi) is 6.92. The molecule has 27 heavy (non-hydrogen) atoms. The fraction of sp³-hybridized carbons (Fsp3) is 0.368. The first-order chi connectivity index (χ1) is 12.9. The summed E-state index contributed by atoms with van der Waals surface area (Å²) in [5.41, 5.74) is 1.51. The molecule has 8 heteroatoms. The van der Waals surface area contributed by atoms with Gasteiger partial charge in [0.05, 0.1) is 33.3 Å². The minimum Gasteiger partial charge on any atom is -0.496 e. The Bertz CT molecular complexity index is 870. The third-order valence-corrected chi connectivity index (χ3v) is 5.53. The highest BCUT2D eigenvalue weighted by Gasteiger charge is 2.18. The number of rotatable bonds is 9. The lowest BCUT2D eigenvalue weighted by atomic mass is 10.1. The Balaban J connectivity index is 2.27. The van der Waals surface area contributed by atoms with E-state index in [9.17, 15) is 8.42 Å². The predicted octanol–water partition coefficient (Wildman–Crippen LogP) is 2.76. The van der Waals surface area contributed by atoms with Crippen LogP contribution in [-0.2, 0) is 23.0 Å². The van der Waals surface area contributed by atoms with Crippen LogP contribution in [0.1, 0.15) is 18.1 Å². The lowest BCUT2D eigenvalue weighted by Crippen LogP contribution is -2.23. The molecular weight excluding hydrogens is 370 g/mol. The number of ether oxygens (including phenoxy) is 4. The van der Waals surface area contributed by atoms with Gasteiger partial charge in [-0.3, -0.25) is 0 Å². The summed E-state index contributed by atoms with van der Waals surface area (Å²) in [4.78, 5) is 0.188. The van der Waals surface area contributed by atoms with E-state index in [0.717, 1.165) is 5.56 Å². The average molecular weight is 395 g/mol. The Labute approximate surface area is 160 Å². The van der Waals surface area contributed by atoms with Gasteiger partial charge in [0.1, 0.15) is 5.75 Å². The molecule has 0 bridgehead atoms. The number of aryl methyl sites for hydroxylation is 1. The topological polar surface area (TPSA) is 83.1 Å². The monoisotopic (exact) mass is 395 g/mol. The van der Waals surface area contributed by atoms with Crippen molar-refractivity contribution in [2.75, 3.05) is 28.4 Å². The van der Waals surface area contributed by atoms with Crippen LogP contribution in [0.2, 0.25) is 0 Å². The highest BCUT2D eigenvalue weighted by Crippen LogP contribution is 2.38. The van der Waals surface area contributed by atoms with E-state index in [4.69, 9.17) is 18.9 Å². The summed E-state index contributed by atoms with van der Waals surface area (Å²) in [5, 5.41) is 0. The SMILES string of the molecule is CCc1cc(S(=O)(=O)NCc2cc(OC)c(OC)c(OC)c2)ccc1OC. The molecule has 0 radical (unpaired) electrons. The van der Waals surface area contributed by atoms with E-state index < -0.39 is 10.0 Å². The fourth-order valence-electron chi connectivity index (χ4n) is 2.70. The summed E-state index contributed by atoms with van der Waals surface area (Å²) in [6, 6.07) is 8.21. The molecule has 2 rings (SSSR count). The van der Waals surface area contributed by atoms with Crippen LogP contribution in [0.3, 0.4) is 0 Å². The molecule has 0 aliphatic rings. The first kappa shape index (κ1) is 20.9. The zero-order valence-electron chi connectivity index (χ0n) is 16.2. The second-order valence-corrected chi connectivity index (χ2v) is 7.45. The summed E-state index contributed by atoms with van der Waals surface area (Å²) in [6.07, 6.45) is 0.666. The average Bonchev–Trinajstić information content (AvgIpc) is 2.70. The van der Waals surface area contributed by atoms with Crippen LogP contribution < -0.4 is 23.7 Å². The Hall–Kier alpha value is -2.45. The molecule has 0 atom stereocenters. The van der Waals surface area contributed by atoms with E-state index in [1.165, 1.54) is 27.4 Å². The first-order valence-electron chi connectivity index (χ1n) is 8.35. The second-order valence-electron chi connectivity index (χ2n) is 5.69. The van der Waals surface area contributed by atoms with Gasteiger partial charge < -0.3 is 18.9 Å². The van der Waals surface area contributed by atoms with Gasteiger partial charge in [-0.1, -0.05) is 6.92 Å². The molecule has 0 aliphatic carbocycles. The van der Waals surface area contributed by atoms with Gasteiger partial charge in [-0.05, 0) is 47.9 Å². The van der Waals surface area contributed by atoms with Crippen molar-refractivity contribution in [2.24, 2.45) is 0 Å². The van der Waals surface area contributed by atoms with Crippen molar-refractivity contribution in [1.82, 2.24) is 4.72 Å². The van der Waals surface area contributed by atoms with Crippen molar-refractivity contribution in [3.05, 3.63) is 41.5 Å². The van der Waals surface area contributed by atoms with Crippen LogP contribution in [0.5, 0.6) is 23.0 Å². The minimum atomic E-state index is -3.69. The Morgan fingerprint density at radius 3 is 1.93 bits per heavy atom. The highest BCUT2D eigenvalue weighted by atomic mass is 32.2. The second kappa shape index (κ2) is 8.96. The number of hydrogen-bond donors (Lipinski definition) is 1. The maximum Gasteiger partial charge on any atom is 0.240 e. The summed E-state index contributed by atoms with van der Waals surface area (Å²) >= 11 is 0. The summed E-state index contributed by atoms with van der Waals surface area (Å²) in [5.74, 6) is 2.04. The lowest BCUT2D eigenvalue weighted by molar-refractivity contribution is 0.323. The van der Waals surface area contributed by atoms with E-state index >= 15 is 0 Å². The molecule has 7 nitrogen and oxygen atoms in total. The van der Waals surface area contributed by atoms with Crippen molar-refractivity contribution in [2.45, 2.75) is 24.8 Å². The van der Waals surface area contributed by atoms with Crippen molar-refractivity contribution < 1.29 is 27.4 Å². The summed E-state index contributed by atoms with van der Waals surface area (Å²) in [6.45, 7) is 2.02. The fourth-order valence-corrected chi connectivity index (χ4v) is 3.77. The quantitative estimate of drug-likeness (QED) is 0.703. The van der Waals surface area contributed by atoms with Gasteiger partial charge >= 0.3 is 0 Å². The zero-order chi connectivity index (χ0) is 20.0. The molecule has 0 aliphatic heterocycles. The first-order valence-corrected chi connectivity index (χ1v) is 9.83. The number of benzene rings is 2. The minimum absolute atomic E-state index is 0.0759. The Morgan fingerprint density at radius 1 is 0.852 bits per heavy atom. The lowest BCUT2D eigenvalue weighted by Gasteiger charge is -2.15. The van der Waals surface area contributed by atoms with Gasteiger partial charge in [-0.25, -0.2) is 13.1 Å². The van der Waals surface area contributed by atoms with E-state index in [1.807, 2.05) is 6.92 Å². The number of hydrogen-bond acceptors (Lipinski definition) is 6. The molecule has 1 N–H and O–H groups in total. The summed E-state index contributed by atoms with van der Waals surface area (Å²) < 4.78 is 49.0. The molecule has 0 spiro atoms. The van der Waals surface area contributed by atoms with Crippen LogP contribution in [0, 0.1) is 0 Å². The molecule has 0 heterocycles. The van der Waals surface area contributed by atoms with E-state index in [-0.39, 0.29) is 11.4 Å². The molecule has 0 saturated heterocycles. The van der Waals surface area contributed by atoms with Gasteiger partial charge in [0.25, 0.3) is 0 Å². The molecule has 2 aromatic rings. The van der Waals surface area contributed by atoms with Crippen LogP contribution >= 0.6 is 0 Å². The van der Waals surface area contributed by atoms with Crippen molar-refractivity contribution in [3.63, 3.8) is 0 Å². The van der Waals surface area contributed by atoms with Crippen molar-refractivity contribution >= 4 is 10.0 Å². The molecule has 0 aromatic heterocycles. The molecule has 2 aromatic carbocycles. The van der Waals surface area contributed by atoms with Crippen LogP contribution in [0.25, 0.3) is 0 Å². The molecule has 0 unspecified atom stereocenters. The van der Waals surface area contributed by atoms with Gasteiger partial charge in [0.2, 0.25) is 15.8 Å². The van der Waals surface area contributed by atoms with E-state index in [2.05, 4.69) is 4.72 Å². The van der Waals surface area contributed by atoms with Crippen LogP contribution in [0.15, 0.2) is 35.2 Å². The predicted molar refractivity (Wildman–Crippen MR) is 102 cm³/mol. The van der Waals surface area contributed by atoms with Gasteiger partial charge in [-0.15, -0.1) is 0 Å². The van der Waals surface area contributed by atoms with Crippen molar-refractivity contribution in [1.29, 1.82) is 0 Å². The number of nitrogens with one attached hydrogen (secondary N) is 1. The third-order valence-electron chi connectivity index (χ3n) is 4.13. The number of methoxy groups -OCH3 is 4. The van der Waals surface area contributed by atoms with E-state index in [0.29, 0.717) is 35.0 Å². The standard InChI is InChI=1S/C19H25NO6S/c1-6-14-11-15(7-8-16(14)23-2)27(21,22)20-12-13-9-17(24-3)19(26-5)18(10-13)25-4/h7-11,20H,6,12H2,1-5H3. The van der Waals surface area contributed by atoms with Crippen molar-refractivity contribution in [3.8, 4) is 23.0 Å². The molecule has 0 saturated carbocycles. The molecule has 0 fully saturated rings. The normalized spacial score (nSPS) is 11.1.